The maximum atomic E-state index is 12.1. The lowest BCUT2D eigenvalue weighted by atomic mass is 9.96. The fourth-order valence-electron chi connectivity index (χ4n) is 2.59. The zero-order valence-electron chi connectivity index (χ0n) is 10.7. The number of ether oxygens (including phenoxy) is 1. The lowest BCUT2D eigenvalue weighted by Gasteiger charge is -2.10. The van der Waals surface area contributed by atoms with Crippen LogP contribution >= 0.6 is 0 Å². The molecular formula is C15H20O2. The van der Waals surface area contributed by atoms with Gasteiger partial charge >= 0.3 is 0 Å². The van der Waals surface area contributed by atoms with E-state index in [0.717, 1.165) is 16.9 Å². The molecule has 1 aromatic rings. The molecule has 1 saturated carbocycles. The van der Waals surface area contributed by atoms with Crippen molar-refractivity contribution < 1.29 is 9.53 Å². The molecule has 0 atom stereocenters. The van der Waals surface area contributed by atoms with E-state index in [1.54, 1.807) is 7.11 Å². The minimum atomic E-state index is 0.259. The summed E-state index contributed by atoms with van der Waals surface area (Å²) >= 11 is 0. The topological polar surface area (TPSA) is 26.3 Å². The van der Waals surface area contributed by atoms with Crippen molar-refractivity contribution in [2.75, 3.05) is 7.11 Å². The lowest BCUT2D eigenvalue weighted by molar-refractivity contribution is 0.0962. The van der Waals surface area contributed by atoms with Crippen LogP contribution in [0, 0.1) is 12.8 Å². The lowest BCUT2D eigenvalue weighted by Crippen LogP contribution is -2.06. The average Bonchev–Trinajstić information content (AvgIpc) is 2.82. The number of Topliss-reactive ketones (excluding diaryl/α,β-unsaturated/α-hetero) is 1. The predicted molar refractivity (Wildman–Crippen MR) is 68.6 cm³/mol. The second-order valence-electron chi connectivity index (χ2n) is 4.96. The number of carbonyl (C=O) groups excluding carboxylic acids is 1. The molecule has 0 spiro atoms. The molecule has 0 saturated heterocycles. The van der Waals surface area contributed by atoms with Gasteiger partial charge in [-0.05, 0) is 24.5 Å². The van der Waals surface area contributed by atoms with E-state index >= 15 is 0 Å². The Balaban J connectivity index is 2.07. The Labute approximate surface area is 103 Å². The maximum Gasteiger partial charge on any atom is 0.163 e. The fourth-order valence-corrected chi connectivity index (χ4v) is 2.59. The number of methoxy groups -OCH3 is 1. The summed E-state index contributed by atoms with van der Waals surface area (Å²) in [5.74, 6) is 1.67. The summed E-state index contributed by atoms with van der Waals surface area (Å²) in [7, 11) is 1.65. The zero-order valence-corrected chi connectivity index (χ0v) is 10.7. The Morgan fingerprint density at radius 3 is 2.71 bits per heavy atom. The number of ketones is 1. The number of benzene rings is 1. The van der Waals surface area contributed by atoms with Crippen molar-refractivity contribution in [2.24, 2.45) is 5.92 Å². The predicted octanol–water partition coefficient (Wildman–Crippen LogP) is 3.77. The molecule has 0 bridgehead atoms. The van der Waals surface area contributed by atoms with Gasteiger partial charge in [-0.3, -0.25) is 4.79 Å². The van der Waals surface area contributed by atoms with Gasteiger partial charge in [-0.1, -0.05) is 37.8 Å². The Kier molecular flexibility index (Phi) is 3.82. The van der Waals surface area contributed by atoms with Crippen molar-refractivity contribution in [1.29, 1.82) is 0 Å². The van der Waals surface area contributed by atoms with Gasteiger partial charge < -0.3 is 4.74 Å². The number of hydrogen-bond donors (Lipinski definition) is 0. The van der Waals surface area contributed by atoms with Crippen molar-refractivity contribution in [2.45, 2.75) is 39.0 Å². The first-order chi connectivity index (χ1) is 8.20. The summed E-state index contributed by atoms with van der Waals surface area (Å²) in [6, 6.07) is 5.74. The molecule has 2 rings (SSSR count). The normalized spacial score (nSPS) is 16.1. The minimum Gasteiger partial charge on any atom is -0.496 e. The molecule has 17 heavy (non-hydrogen) atoms. The molecule has 92 valence electrons. The van der Waals surface area contributed by atoms with Crippen LogP contribution in [0.2, 0.25) is 0 Å². The summed E-state index contributed by atoms with van der Waals surface area (Å²) in [6.45, 7) is 1.99. The van der Waals surface area contributed by atoms with E-state index in [1.807, 2.05) is 25.1 Å². The first-order valence-electron chi connectivity index (χ1n) is 6.38. The molecule has 0 N–H and O–H groups in total. The molecule has 2 heteroatoms. The zero-order chi connectivity index (χ0) is 12.3. The highest BCUT2D eigenvalue weighted by Gasteiger charge is 2.19. The standard InChI is InChI=1S/C15H20O2/c1-11-7-8-13(10-15(11)17-2)14(16)9-12-5-3-4-6-12/h7-8,10,12H,3-6,9H2,1-2H3. The molecule has 0 aromatic heterocycles. The van der Waals surface area contributed by atoms with Gasteiger partial charge in [0.1, 0.15) is 5.75 Å². The van der Waals surface area contributed by atoms with Gasteiger partial charge in [0.15, 0.2) is 5.78 Å². The molecule has 1 aliphatic carbocycles. The summed E-state index contributed by atoms with van der Waals surface area (Å²) in [6.07, 6.45) is 5.71. The van der Waals surface area contributed by atoms with Crippen molar-refractivity contribution in [3.63, 3.8) is 0 Å². The van der Waals surface area contributed by atoms with E-state index < -0.39 is 0 Å². The van der Waals surface area contributed by atoms with Crippen LogP contribution in [-0.4, -0.2) is 12.9 Å². The van der Waals surface area contributed by atoms with Crippen LogP contribution in [0.1, 0.15) is 48.0 Å². The third-order valence-corrected chi connectivity index (χ3v) is 3.68. The number of carbonyl (C=O) groups is 1. The largest absolute Gasteiger partial charge is 0.496 e. The van der Waals surface area contributed by atoms with Gasteiger partial charge in [-0.25, -0.2) is 0 Å². The van der Waals surface area contributed by atoms with Gasteiger partial charge in [0.25, 0.3) is 0 Å². The van der Waals surface area contributed by atoms with E-state index in [-0.39, 0.29) is 5.78 Å². The number of hydrogen-bond acceptors (Lipinski definition) is 2. The molecule has 1 fully saturated rings. The van der Waals surface area contributed by atoms with Gasteiger partial charge in [0, 0.05) is 12.0 Å². The number of aryl methyl sites for hydroxylation is 1. The second kappa shape index (κ2) is 5.35. The van der Waals surface area contributed by atoms with E-state index in [2.05, 4.69) is 0 Å². The van der Waals surface area contributed by atoms with E-state index in [4.69, 9.17) is 4.74 Å². The van der Waals surface area contributed by atoms with Crippen molar-refractivity contribution in [3.05, 3.63) is 29.3 Å². The monoisotopic (exact) mass is 232 g/mol. The highest BCUT2D eigenvalue weighted by Crippen LogP contribution is 2.29. The molecule has 0 heterocycles. The summed E-state index contributed by atoms with van der Waals surface area (Å²) in [5, 5.41) is 0. The second-order valence-corrected chi connectivity index (χ2v) is 4.96. The van der Waals surface area contributed by atoms with Gasteiger partial charge in [-0.2, -0.15) is 0 Å². The minimum absolute atomic E-state index is 0.259. The van der Waals surface area contributed by atoms with Crippen LogP contribution in [0.4, 0.5) is 0 Å². The summed E-state index contributed by atoms with van der Waals surface area (Å²) in [4.78, 5) is 12.1. The van der Waals surface area contributed by atoms with Crippen LogP contribution in [0.5, 0.6) is 5.75 Å². The highest BCUT2D eigenvalue weighted by molar-refractivity contribution is 5.96. The van der Waals surface area contributed by atoms with Crippen LogP contribution in [0.3, 0.4) is 0 Å². The SMILES string of the molecule is COc1cc(C(=O)CC2CCCC2)ccc1C. The van der Waals surface area contributed by atoms with Crippen LogP contribution in [-0.2, 0) is 0 Å². The number of rotatable bonds is 4. The molecule has 1 aromatic carbocycles. The first kappa shape index (κ1) is 12.2. The molecule has 2 nitrogen and oxygen atoms in total. The van der Waals surface area contributed by atoms with Crippen LogP contribution in [0.15, 0.2) is 18.2 Å². The molecule has 0 amide bonds. The van der Waals surface area contributed by atoms with Crippen LogP contribution < -0.4 is 4.74 Å². The maximum absolute atomic E-state index is 12.1. The molecule has 0 radical (unpaired) electrons. The summed E-state index contributed by atoms with van der Waals surface area (Å²) < 4.78 is 5.25. The summed E-state index contributed by atoms with van der Waals surface area (Å²) in [5.41, 5.74) is 1.87. The van der Waals surface area contributed by atoms with E-state index in [1.165, 1.54) is 25.7 Å². The first-order valence-corrected chi connectivity index (χ1v) is 6.38. The molecule has 0 aliphatic heterocycles. The molecule has 0 unspecified atom stereocenters. The molecular weight excluding hydrogens is 212 g/mol. The fraction of sp³-hybridized carbons (Fsp3) is 0.533. The third-order valence-electron chi connectivity index (χ3n) is 3.68. The average molecular weight is 232 g/mol. The van der Waals surface area contributed by atoms with Gasteiger partial charge in [0.2, 0.25) is 0 Å². The Morgan fingerprint density at radius 1 is 1.35 bits per heavy atom. The van der Waals surface area contributed by atoms with E-state index in [9.17, 15) is 4.79 Å². The van der Waals surface area contributed by atoms with Crippen molar-refractivity contribution in [3.8, 4) is 5.75 Å². The van der Waals surface area contributed by atoms with Crippen molar-refractivity contribution >= 4 is 5.78 Å². The van der Waals surface area contributed by atoms with Crippen LogP contribution in [0.25, 0.3) is 0 Å². The Bertz CT molecular complexity index is 403. The van der Waals surface area contributed by atoms with E-state index in [0.29, 0.717) is 12.3 Å². The van der Waals surface area contributed by atoms with Gasteiger partial charge in [0.05, 0.1) is 7.11 Å². The third kappa shape index (κ3) is 2.87. The Morgan fingerprint density at radius 2 is 2.06 bits per heavy atom. The Hall–Kier alpha value is -1.31. The van der Waals surface area contributed by atoms with Gasteiger partial charge in [-0.15, -0.1) is 0 Å². The highest BCUT2D eigenvalue weighted by atomic mass is 16.5. The van der Waals surface area contributed by atoms with Crippen molar-refractivity contribution in [1.82, 2.24) is 0 Å². The molecule has 1 aliphatic rings. The quantitative estimate of drug-likeness (QED) is 0.739. The smallest absolute Gasteiger partial charge is 0.163 e.